The molecule has 14 aromatic rings. The van der Waals surface area contributed by atoms with Crippen LogP contribution in [0, 0.1) is 0 Å². The molecular formula is C85H66N4O2. The third kappa shape index (κ3) is 9.41. The molecule has 0 saturated heterocycles. The van der Waals surface area contributed by atoms with E-state index in [0.29, 0.717) is 0 Å². The van der Waals surface area contributed by atoms with E-state index in [1.807, 2.05) is 30.3 Å². The number of para-hydroxylation sites is 4. The van der Waals surface area contributed by atoms with Crippen LogP contribution < -0.4 is 29.1 Å². The van der Waals surface area contributed by atoms with E-state index in [1.54, 1.807) is 0 Å². The molecule has 6 nitrogen and oxygen atoms in total. The zero-order chi connectivity index (χ0) is 61.5. The highest BCUT2D eigenvalue weighted by Gasteiger charge is 2.40. The Hall–Kier alpha value is -11.3. The lowest BCUT2D eigenvalue weighted by Crippen LogP contribution is -2.18. The number of hydrogen-bond donors (Lipinski definition) is 0. The number of benzene rings is 14. The Balaban J connectivity index is 0.0000000972. The Bertz CT molecular complexity index is 5140. The van der Waals surface area contributed by atoms with Crippen molar-refractivity contribution in [3.05, 3.63) is 300 Å². The monoisotopic (exact) mass is 1170 g/mol. The van der Waals surface area contributed by atoms with Gasteiger partial charge >= 0.3 is 0 Å². The van der Waals surface area contributed by atoms with E-state index in [-0.39, 0.29) is 5.41 Å². The molecule has 5 aliphatic rings. The second kappa shape index (κ2) is 22.1. The summed E-state index contributed by atoms with van der Waals surface area (Å²) in [6.07, 6.45) is 9.01. The predicted molar refractivity (Wildman–Crippen MR) is 387 cm³/mol. The summed E-state index contributed by atoms with van der Waals surface area (Å²) in [4.78, 5) is 9.02. The van der Waals surface area contributed by atoms with E-state index in [2.05, 4.69) is 323 Å². The fraction of sp³-hybridized carbons (Fsp3) is 0.0824. The molecule has 0 atom stereocenters. The summed E-state index contributed by atoms with van der Waals surface area (Å²) in [6, 6.07) is 94.5. The van der Waals surface area contributed by atoms with Crippen molar-refractivity contribution < 1.29 is 9.47 Å². The van der Waals surface area contributed by atoms with Crippen molar-refractivity contribution >= 4 is 124 Å². The Labute approximate surface area is 531 Å². The minimum absolute atomic E-state index is 0.000146. The number of fused-ring (bicyclic) bond motifs is 19. The molecule has 4 heterocycles. The van der Waals surface area contributed by atoms with Gasteiger partial charge in [-0.05, 0) is 161 Å². The SMILES string of the molecule is CN1c2cc3ccccc3cc2C=Cc2cc3ccccc3cc21.CN1c2ccc3ccccc3c2C=Cc2c1ccc1ccccc21.CN1c2ccccc2Oc2c1ccc1c2-c2ccccc2C1(C)C.CN1c2ccccc2Oc2cc3ccccc3cc21. The molecule has 0 radical (unpaired) electrons. The van der Waals surface area contributed by atoms with Crippen LogP contribution in [0.2, 0.25) is 0 Å². The van der Waals surface area contributed by atoms with Crippen LogP contribution in [0.1, 0.15) is 47.2 Å². The van der Waals surface area contributed by atoms with Crippen LogP contribution >= 0.6 is 0 Å². The molecule has 438 valence electrons. The second-order valence-electron chi connectivity index (χ2n) is 24.7. The standard InChI is InChI=1S/2C23H17N.C22H19NO.C17H13NO/c1-24-22-14-10-16-6-2-4-8-18(16)20(22)12-13-21-19-9-5-3-7-17(19)11-15-23(21)24;1-24-22-14-18-8-4-2-6-16(18)12-20(22)10-11-21-13-17-7-3-5-9-19(17)15-23(21)24;1-22(2)15-9-5-4-8-14(15)20-16(22)12-13-18-21(20)24-19-11-7-6-10-17(19)23(18)3;1-18-14-8-4-5-9-16(14)19-17-11-13-7-3-2-6-12(13)10-15(17)18/h2*2-15H,1H3;4-13H,1-3H3;2-11H,1H3. The first-order valence-electron chi connectivity index (χ1n) is 31.3. The van der Waals surface area contributed by atoms with Crippen molar-refractivity contribution in [2.24, 2.45) is 0 Å². The lowest BCUT2D eigenvalue weighted by molar-refractivity contribution is 0.476. The average Bonchev–Trinajstić information content (AvgIpc) is 1.60. The quantitative estimate of drug-likeness (QED) is 0.150. The molecule has 0 N–H and O–H groups in total. The summed E-state index contributed by atoms with van der Waals surface area (Å²) >= 11 is 0. The minimum Gasteiger partial charge on any atom is -0.453 e. The number of rotatable bonds is 0. The topological polar surface area (TPSA) is 31.4 Å². The molecule has 91 heavy (non-hydrogen) atoms. The highest BCUT2D eigenvalue weighted by atomic mass is 16.5. The van der Waals surface area contributed by atoms with Crippen molar-refractivity contribution in [1.29, 1.82) is 0 Å². The van der Waals surface area contributed by atoms with Crippen molar-refractivity contribution in [2.75, 3.05) is 47.8 Å². The summed E-state index contributed by atoms with van der Waals surface area (Å²) in [7, 11) is 8.51. The van der Waals surface area contributed by atoms with Crippen molar-refractivity contribution in [1.82, 2.24) is 0 Å². The van der Waals surface area contributed by atoms with Crippen molar-refractivity contribution in [3.63, 3.8) is 0 Å². The van der Waals surface area contributed by atoms with Gasteiger partial charge in [-0.15, -0.1) is 0 Å². The smallest absolute Gasteiger partial charge is 0.159 e. The number of anilines is 8. The second-order valence-corrected chi connectivity index (χ2v) is 24.7. The number of nitrogens with zero attached hydrogens (tertiary/aromatic N) is 4. The van der Waals surface area contributed by atoms with Crippen molar-refractivity contribution in [3.8, 4) is 34.1 Å². The van der Waals surface area contributed by atoms with E-state index >= 15 is 0 Å². The molecule has 0 bridgehead atoms. The molecule has 19 rings (SSSR count). The van der Waals surface area contributed by atoms with E-state index in [9.17, 15) is 0 Å². The molecule has 4 aliphatic heterocycles. The zero-order valence-corrected chi connectivity index (χ0v) is 51.8. The normalized spacial score (nSPS) is 13.7. The lowest BCUT2D eigenvalue weighted by atomic mass is 9.82. The molecular weight excluding hydrogens is 1110 g/mol. The van der Waals surface area contributed by atoms with Gasteiger partial charge < -0.3 is 29.1 Å². The fourth-order valence-electron chi connectivity index (χ4n) is 14.2. The zero-order valence-electron chi connectivity index (χ0n) is 51.8. The maximum absolute atomic E-state index is 6.40. The van der Waals surface area contributed by atoms with Gasteiger partial charge in [0.05, 0.1) is 22.7 Å². The molecule has 0 aromatic heterocycles. The first kappa shape index (κ1) is 55.0. The maximum Gasteiger partial charge on any atom is 0.159 e. The highest BCUT2D eigenvalue weighted by molar-refractivity contribution is 6.07. The van der Waals surface area contributed by atoms with Crippen LogP contribution in [0.3, 0.4) is 0 Å². The maximum atomic E-state index is 6.40. The fourth-order valence-corrected chi connectivity index (χ4v) is 14.2. The van der Waals surface area contributed by atoms with Gasteiger partial charge in [-0.3, -0.25) is 0 Å². The first-order chi connectivity index (χ1) is 44.5. The van der Waals surface area contributed by atoms with Gasteiger partial charge in [0.1, 0.15) is 0 Å². The summed E-state index contributed by atoms with van der Waals surface area (Å²) in [5.41, 5.74) is 19.8. The molecule has 0 amide bonds. The molecule has 6 heteroatoms. The first-order valence-corrected chi connectivity index (χ1v) is 31.3. The molecule has 14 aromatic carbocycles. The largest absolute Gasteiger partial charge is 0.453 e. The van der Waals surface area contributed by atoms with Crippen LogP contribution in [0.25, 0.3) is 89.3 Å². The van der Waals surface area contributed by atoms with Gasteiger partial charge in [0.15, 0.2) is 23.0 Å². The lowest BCUT2D eigenvalue weighted by Gasteiger charge is -2.31. The molecule has 1 aliphatic carbocycles. The van der Waals surface area contributed by atoms with Crippen LogP contribution in [0.15, 0.2) is 267 Å². The van der Waals surface area contributed by atoms with Gasteiger partial charge in [0.2, 0.25) is 0 Å². The van der Waals surface area contributed by atoms with Crippen LogP contribution in [-0.2, 0) is 5.41 Å². The van der Waals surface area contributed by atoms with Crippen molar-refractivity contribution in [2.45, 2.75) is 19.3 Å². The van der Waals surface area contributed by atoms with Gasteiger partial charge in [-0.2, -0.15) is 0 Å². The van der Waals surface area contributed by atoms with E-state index < -0.39 is 0 Å². The van der Waals surface area contributed by atoms with Crippen LogP contribution in [-0.4, -0.2) is 28.2 Å². The summed E-state index contributed by atoms with van der Waals surface area (Å²) in [5, 5.41) is 12.7. The Kier molecular flexibility index (Phi) is 13.3. The van der Waals surface area contributed by atoms with E-state index in [0.717, 1.165) is 45.7 Å². The van der Waals surface area contributed by atoms with Gasteiger partial charge in [-0.25, -0.2) is 0 Å². The molecule has 0 saturated carbocycles. The molecule has 0 unspecified atom stereocenters. The molecule has 0 spiro atoms. The van der Waals surface area contributed by atoms with Gasteiger partial charge in [-0.1, -0.05) is 226 Å². The summed E-state index contributed by atoms with van der Waals surface area (Å²) in [6.45, 7) is 4.59. The summed E-state index contributed by atoms with van der Waals surface area (Å²) < 4.78 is 12.4. The van der Waals surface area contributed by atoms with Gasteiger partial charge in [0, 0.05) is 73.0 Å². The Morgan fingerprint density at radius 3 is 1.22 bits per heavy atom. The van der Waals surface area contributed by atoms with Crippen LogP contribution in [0.5, 0.6) is 23.0 Å². The Morgan fingerprint density at radius 2 is 0.670 bits per heavy atom. The van der Waals surface area contributed by atoms with Crippen LogP contribution in [0.4, 0.5) is 45.5 Å². The predicted octanol–water partition coefficient (Wildman–Crippen LogP) is 23.1. The van der Waals surface area contributed by atoms with E-state index in [1.165, 1.54) is 121 Å². The van der Waals surface area contributed by atoms with Gasteiger partial charge in [0.25, 0.3) is 0 Å². The number of hydrogen-bond acceptors (Lipinski definition) is 6. The van der Waals surface area contributed by atoms with E-state index in [4.69, 9.17) is 9.47 Å². The third-order valence-corrected chi connectivity index (χ3v) is 19.1. The number of ether oxygens (including phenoxy) is 2. The highest BCUT2D eigenvalue weighted by Crippen LogP contribution is 2.58. The molecule has 0 fully saturated rings. The third-order valence-electron chi connectivity index (χ3n) is 19.1. The minimum atomic E-state index is -0.000146. The summed E-state index contributed by atoms with van der Waals surface area (Å²) in [5.74, 6) is 3.72. The average molecular weight is 1180 g/mol. The Morgan fingerprint density at radius 1 is 0.275 bits per heavy atom.